The monoisotopic (exact) mass is 317 g/mol. The molecule has 2 N–H and O–H groups in total. The minimum absolute atomic E-state index is 0.289. The van der Waals surface area contributed by atoms with Gasteiger partial charge >= 0.3 is 0 Å². The molecule has 0 saturated heterocycles. The second-order valence-corrected chi connectivity index (χ2v) is 5.45. The predicted molar refractivity (Wildman–Crippen MR) is 89.1 cm³/mol. The highest BCUT2D eigenvalue weighted by Crippen LogP contribution is 2.06. The molecule has 0 amide bonds. The Kier molecular flexibility index (Phi) is 18.2. The number of nitrogens with zero attached hydrogens (tertiary/aromatic N) is 1. The molecule has 0 unspecified atom stereocenters. The summed E-state index contributed by atoms with van der Waals surface area (Å²) >= 11 is 0. The molecule has 0 aliphatic carbocycles. The third-order valence-corrected chi connectivity index (χ3v) is 3.35. The van der Waals surface area contributed by atoms with E-state index in [0.29, 0.717) is 19.8 Å². The Balaban J connectivity index is 3.46. The Morgan fingerprint density at radius 2 is 1.09 bits per heavy atom. The van der Waals surface area contributed by atoms with Crippen molar-refractivity contribution in [3.63, 3.8) is 0 Å². The SMILES string of the molecule is C=CCN(OCCCCCCCO)OCCCCCCCO. The molecule has 132 valence electrons. The van der Waals surface area contributed by atoms with E-state index in [4.69, 9.17) is 19.9 Å². The van der Waals surface area contributed by atoms with Gasteiger partial charge < -0.3 is 10.2 Å². The number of unbranched alkanes of at least 4 members (excludes halogenated alkanes) is 8. The van der Waals surface area contributed by atoms with Gasteiger partial charge in [-0.1, -0.05) is 49.8 Å². The van der Waals surface area contributed by atoms with Crippen LogP contribution in [0, 0.1) is 0 Å². The van der Waals surface area contributed by atoms with Gasteiger partial charge in [0.2, 0.25) is 0 Å². The van der Waals surface area contributed by atoms with Crippen molar-refractivity contribution in [2.75, 3.05) is 33.0 Å². The summed E-state index contributed by atoms with van der Waals surface area (Å²) in [7, 11) is 0. The van der Waals surface area contributed by atoms with Crippen molar-refractivity contribution in [1.29, 1.82) is 0 Å². The molecular formula is C17H35NO4. The van der Waals surface area contributed by atoms with Crippen LogP contribution in [-0.4, -0.2) is 48.4 Å². The van der Waals surface area contributed by atoms with E-state index in [2.05, 4.69) is 6.58 Å². The van der Waals surface area contributed by atoms with Crippen molar-refractivity contribution >= 4 is 0 Å². The first-order valence-corrected chi connectivity index (χ1v) is 8.71. The van der Waals surface area contributed by atoms with Crippen molar-refractivity contribution in [1.82, 2.24) is 5.23 Å². The molecule has 0 bridgehead atoms. The molecule has 22 heavy (non-hydrogen) atoms. The lowest BCUT2D eigenvalue weighted by Gasteiger charge is -2.19. The number of hydrogen-bond acceptors (Lipinski definition) is 5. The number of aliphatic hydroxyl groups is 2. The second-order valence-electron chi connectivity index (χ2n) is 5.45. The molecule has 0 aromatic heterocycles. The largest absolute Gasteiger partial charge is 0.396 e. The average molecular weight is 317 g/mol. The zero-order valence-electron chi connectivity index (χ0n) is 14.0. The number of hydrogen-bond donors (Lipinski definition) is 2. The molecule has 0 heterocycles. The summed E-state index contributed by atoms with van der Waals surface area (Å²) in [5.74, 6) is 0. The van der Waals surface area contributed by atoms with Gasteiger partial charge in [-0.15, -0.1) is 6.58 Å². The minimum atomic E-state index is 0.289. The van der Waals surface area contributed by atoms with E-state index in [1.54, 1.807) is 6.08 Å². The highest BCUT2D eigenvalue weighted by Gasteiger charge is 2.03. The highest BCUT2D eigenvalue weighted by atomic mass is 16.9. The van der Waals surface area contributed by atoms with E-state index in [1.807, 2.05) is 0 Å². The molecule has 0 aromatic rings. The van der Waals surface area contributed by atoms with Crippen LogP contribution in [-0.2, 0) is 9.68 Å². The van der Waals surface area contributed by atoms with Gasteiger partial charge in [-0.2, -0.15) is 0 Å². The number of aliphatic hydroxyl groups excluding tert-OH is 2. The van der Waals surface area contributed by atoms with E-state index >= 15 is 0 Å². The maximum atomic E-state index is 8.70. The lowest BCUT2D eigenvalue weighted by Crippen LogP contribution is -2.25. The molecule has 0 atom stereocenters. The standard InChI is InChI=1S/C17H35NO4/c1-2-13-18(21-16-11-7-3-5-9-14-19)22-17-12-8-4-6-10-15-20/h2,19-20H,1,3-17H2. The van der Waals surface area contributed by atoms with Crippen LogP contribution < -0.4 is 0 Å². The Bertz CT molecular complexity index is 209. The number of rotatable bonds is 18. The van der Waals surface area contributed by atoms with Gasteiger partial charge in [0, 0.05) is 13.2 Å². The lowest BCUT2D eigenvalue weighted by atomic mass is 10.1. The lowest BCUT2D eigenvalue weighted by molar-refractivity contribution is -0.363. The van der Waals surface area contributed by atoms with E-state index in [1.165, 1.54) is 5.23 Å². The fourth-order valence-corrected chi connectivity index (χ4v) is 2.07. The molecule has 0 aliphatic heterocycles. The Labute approximate surface area is 135 Å². The molecule has 0 fully saturated rings. The van der Waals surface area contributed by atoms with Crippen LogP contribution >= 0.6 is 0 Å². The summed E-state index contributed by atoms with van der Waals surface area (Å²) in [6, 6.07) is 0. The Hall–Kier alpha value is -0.460. The molecule has 5 nitrogen and oxygen atoms in total. The molecule has 0 rings (SSSR count). The van der Waals surface area contributed by atoms with Crippen molar-refractivity contribution in [2.24, 2.45) is 0 Å². The molecule has 0 aliphatic rings. The van der Waals surface area contributed by atoms with E-state index in [0.717, 1.165) is 64.2 Å². The first-order valence-electron chi connectivity index (χ1n) is 8.71. The topological polar surface area (TPSA) is 62.2 Å². The summed E-state index contributed by atoms with van der Waals surface area (Å²) in [5.41, 5.74) is 0. The second kappa shape index (κ2) is 18.6. The first-order chi connectivity index (χ1) is 10.8. The summed E-state index contributed by atoms with van der Waals surface area (Å²) in [6.45, 7) is 6.16. The fourth-order valence-electron chi connectivity index (χ4n) is 2.07. The zero-order chi connectivity index (χ0) is 16.3. The van der Waals surface area contributed by atoms with Gasteiger partial charge in [0.1, 0.15) is 0 Å². The van der Waals surface area contributed by atoms with Crippen molar-refractivity contribution in [2.45, 2.75) is 64.2 Å². The van der Waals surface area contributed by atoms with Crippen LogP contribution in [0.3, 0.4) is 0 Å². The van der Waals surface area contributed by atoms with E-state index in [9.17, 15) is 0 Å². The number of hydroxylamine groups is 2. The third kappa shape index (κ3) is 15.9. The molecule has 0 radical (unpaired) electrons. The maximum Gasteiger partial charge on any atom is 0.0711 e. The van der Waals surface area contributed by atoms with Gasteiger partial charge in [0.05, 0.1) is 19.8 Å². The summed E-state index contributed by atoms with van der Waals surface area (Å²) in [5, 5.41) is 18.9. The fraction of sp³-hybridized carbons (Fsp3) is 0.882. The van der Waals surface area contributed by atoms with Crippen molar-refractivity contribution in [3.05, 3.63) is 12.7 Å². The quantitative estimate of drug-likeness (QED) is 0.231. The van der Waals surface area contributed by atoms with Gasteiger partial charge in [-0.25, -0.2) is 0 Å². The van der Waals surface area contributed by atoms with Crippen LogP contribution in [0.1, 0.15) is 64.2 Å². The minimum Gasteiger partial charge on any atom is -0.396 e. The normalized spacial score (nSPS) is 11.2. The van der Waals surface area contributed by atoms with Gasteiger partial charge in [-0.3, -0.25) is 9.68 Å². The summed E-state index contributed by atoms with van der Waals surface area (Å²) in [6.07, 6.45) is 12.2. The molecule has 5 heteroatoms. The van der Waals surface area contributed by atoms with E-state index in [-0.39, 0.29) is 13.2 Å². The predicted octanol–water partition coefficient (Wildman–Crippen LogP) is 3.22. The molecule has 0 spiro atoms. The van der Waals surface area contributed by atoms with Crippen LogP contribution in [0.2, 0.25) is 0 Å². The van der Waals surface area contributed by atoms with Crippen LogP contribution in [0.15, 0.2) is 12.7 Å². The van der Waals surface area contributed by atoms with Crippen molar-refractivity contribution < 1.29 is 19.9 Å². The smallest absolute Gasteiger partial charge is 0.0711 e. The summed E-state index contributed by atoms with van der Waals surface area (Å²) < 4.78 is 0. The first kappa shape index (κ1) is 21.5. The van der Waals surface area contributed by atoms with Crippen LogP contribution in [0.4, 0.5) is 0 Å². The third-order valence-electron chi connectivity index (χ3n) is 3.35. The average Bonchev–Trinajstić information content (AvgIpc) is 2.53. The molecule has 0 aromatic carbocycles. The van der Waals surface area contributed by atoms with Crippen molar-refractivity contribution in [3.8, 4) is 0 Å². The van der Waals surface area contributed by atoms with Gasteiger partial charge in [0.15, 0.2) is 0 Å². The summed E-state index contributed by atoms with van der Waals surface area (Å²) in [4.78, 5) is 11.2. The molecule has 0 saturated carbocycles. The Morgan fingerprint density at radius 3 is 1.50 bits per heavy atom. The zero-order valence-corrected chi connectivity index (χ0v) is 14.0. The van der Waals surface area contributed by atoms with Crippen LogP contribution in [0.25, 0.3) is 0 Å². The Morgan fingerprint density at radius 1 is 0.682 bits per heavy atom. The molecular weight excluding hydrogens is 282 g/mol. The van der Waals surface area contributed by atoms with Gasteiger partial charge in [0.25, 0.3) is 0 Å². The highest BCUT2D eigenvalue weighted by molar-refractivity contribution is 4.66. The van der Waals surface area contributed by atoms with Crippen LogP contribution in [0.5, 0.6) is 0 Å². The maximum absolute atomic E-state index is 8.70. The van der Waals surface area contributed by atoms with Gasteiger partial charge in [-0.05, 0) is 25.7 Å². The van der Waals surface area contributed by atoms with E-state index < -0.39 is 0 Å².